The molecule has 0 aromatic rings. The predicted octanol–water partition coefficient (Wildman–Crippen LogP) is 6.13. The Bertz CT molecular complexity index is 421. The van der Waals surface area contributed by atoms with Crippen LogP contribution in [0.25, 0.3) is 0 Å². The van der Waals surface area contributed by atoms with Gasteiger partial charge in [-0.25, -0.2) is 9.59 Å². The van der Waals surface area contributed by atoms with E-state index in [4.69, 9.17) is 9.47 Å². The van der Waals surface area contributed by atoms with E-state index in [9.17, 15) is 9.59 Å². The number of esters is 2. The molecule has 0 bridgehead atoms. The lowest BCUT2D eigenvalue weighted by molar-refractivity contribution is -0.140. The molecule has 0 spiro atoms. The van der Waals surface area contributed by atoms with E-state index in [-0.39, 0.29) is 0 Å². The lowest BCUT2D eigenvalue weighted by Crippen LogP contribution is -2.06. The third kappa shape index (κ3) is 13.8. The summed E-state index contributed by atoms with van der Waals surface area (Å²) in [5.74, 6) is 1.14. The molecule has 0 unspecified atom stereocenters. The van der Waals surface area contributed by atoms with Crippen molar-refractivity contribution >= 4 is 11.9 Å². The van der Waals surface area contributed by atoms with Crippen LogP contribution in [0.5, 0.6) is 0 Å². The molecule has 4 heteroatoms. The summed E-state index contributed by atoms with van der Waals surface area (Å²) in [5, 5.41) is 0. The summed E-state index contributed by atoms with van der Waals surface area (Å²) in [4.78, 5) is 23.2. The number of unbranched alkanes of at least 4 members (excludes halogenated alkanes) is 8. The van der Waals surface area contributed by atoms with Crippen molar-refractivity contribution in [3.05, 3.63) is 12.2 Å². The molecule has 28 heavy (non-hydrogen) atoms. The molecule has 0 amide bonds. The van der Waals surface area contributed by atoms with Crippen LogP contribution in [0.2, 0.25) is 0 Å². The van der Waals surface area contributed by atoms with Crippen LogP contribution in [0.3, 0.4) is 0 Å². The van der Waals surface area contributed by atoms with Crippen LogP contribution in [0.15, 0.2) is 12.2 Å². The Hall–Kier alpha value is -1.32. The molecule has 2 fully saturated rings. The second-order valence-corrected chi connectivity index (χ2v) is 8.67. The summed E-state index contributed by atoms with van der Waals surface area (Å²) < 4.78 is 10.2. The van der Waals surface area contributed by atoms with Crippen LogP contribution in [0.4, 0.5) is 0 Å². The lowest BCUT2D eigenvalue weighted by atomic mass is 10.1. The third-order valence-electron chi connectivity index (χ3n) is 5.75. The van der Waals surface area contributed by atoms with Gasteiger partial charge in [0.05, 0.1) is 13.2 Å². The fraction of sp³-hybridized carbons (Fsp3) is 0.833. The molecule has 0 saturated heterocycles. The largest absolute Gasteiger partial charge is 0.463 e. The Balaban J connectivity index is 1.31. The lowest BCUT2D eigenvalue weighted by Gasteiger charge is -2.03. The van der Waals surface area contributed by atoms with Crippen LogP contribution < -0.4 is 0 Å². The van der Waals surface area contributed by atoms with Gasteiger partial charge in [0.2, 0.25) is 0 Å². The molecule has 0 aromatic heterocycles. The van der Waals surface area contributed by atoms with Crippen molar-refractivity contribution in [2.24, 2.45) is 11.8 Å². The highest BCUT2D eigenvalue weighted by Crippen LogP contribution is 2.34. The first-order chi connectivity index (χ1) is 13.7. The second-order valence-electron chi connectivity index (χ2n) is 8.67. The maximum Gasteiger partial charge on any atom is 0.331 e. The number of hydrogen-bond acceptors (Lipinski definition) is 4. The standard InChI is InChI=1S/C24H40O4/c25-23(27-19-9-5-1-3-7-11-21-13-14-21)17-18-24(26)28-20-10-6-2-4-8-12-22-15-16-22/h17-18,21-22H,1-16,19-20H2. The van der Waals surface area contributed by atoms with Crippen molar-refractivity contribution in [2.75, 3.05) is 13.2 Å². The first-order valence-corrected chi connectivity index (χ1v) is 11.8. The molecular weight excluding hydrogens is 352 g/mol. The quantitative estimate of drug-likeness (QED) is 0.160. The van der Waals surface area contributed by atoms with Gasteiger partial charge in [0.25, 0.3) is 0 Å². The maximum absolute atomic E-state index is 11.6. The van der Waals surface area contributed by atoms with E-state index in [1.807, 2.05) is 0 Å². The maximum atomic E-state index is 11.6. The van der Waals surface area contributed by atoms with Gasteiger partial charge in [-0.15, -0.1) is 0 Å². The Morgan fingerprint density at radius 3 is 1.32 bits per heavy atom. The fourth-order valence-corrected chi connectivity index (χ4v) is 3.52. The van der Waals surface area contributed by atoms with E-state index in [1.54, 1.807) is 0 Å². The van der Waals surface area contributed by atoms with Gasteiger partial charge >= 0.3 is 11.9 Å². The molecule has 2 aliphatic rings. The van der Waals surface area contributed by atoms with E-state index in [0.717, 1.165) is 37.5 Å². The van der Waals surface area contributed by atoms with Crippen molar-refractivity contribution < 1.29 is 19.1 Å². The molecule has 0 atom stereocenters. The summed E-state index contributed by atoms with van der Waals surface area (Å²) in [7, 11) is 0. The van der Waals surface area contributed by atoms with E-state index in [2.05, 4.69) is 0 Å². The Labute approximate surface area is 171 Å². The molecule has 0 aromatic carbocycles. The summed E-state index contributed by atoms with van der Waals surface area (Å²) in [6, 6.07) is 0. The van der Waals surface area contributed by atoms with Gasteiger partial charge in [-0.1, -0.05) is 89.9 Å². The molecule has 2 saturated carbocycles. The first-order valence-electron chi connectivity index (χ1n) is 11.8. The highest BCUT2D eigenvalue weighted by Gasteiger charge is 2.20. The van der Waals surface area contributed by atoms with Crippen LogP contribution >= 0.6 is 0 Å². The molecule has 2 rings (SSSR count). The van der Waals surface area contributed by atoms with E-state index in [0.29, 0.717) is 13.2 Å². The third-order valence-corrected chi connectivity index (χ3v) is 5.75. The zero-order valence-corrected chi connectivity index (χ0v) is 17.7. The van der Waals surface area contributed by atoms with Crippen molar-refractivity contribution in [3.63, 3.8) is 0 Å². The molecule has 160 valence electrons. The highest BCUT2D eigenvalue weighted by molar-refractivity contribution is 5.91. The normalized spacial score (nSPS) is 16.4. The second kappa shape index (κ2) is 14.6. The van der Waals surface area contributed by atoms with Gasteiger partial charge in [-0.05, 0) is 24.7 Å². The number of rotatable bonds is 18. The summed E-state index contributed by atoms with van der Waals surface area (Å²) >= 11 is 0. The predicted molar refractivity (Wildman–Crippen MR) is 112 cm³/mol. The average Bonchev–Trinajstić information content (AvgIpc) is 3.59. The molecule has 2 aliphatic carbocycles. The van der Waals surface area contributed by atoms with Gasteiger partial charge in [0.15, 0.2) is 0 Å². The highest BCUT2D eigenvalue weighted by atomic mass is 16.5. The minimum absolute atomic E-state index is 0.432. The first kappa shape index (κ1) is 23.0. The zero-order chi connectivity index (χ0) is 19.9. The summed E-state index contributed by atoms with van der Waals surface area (Å²) in [6.45, 7) is 0.864. The minimum atomic E-state index is -0.457. The van der Waals surface area contributed by atoms with Crippen LogP contribution in [-0.2, 0) is 19.1 Å². The Morgan fingerprint density at radius 2 is 0.929 bits per heavy atom. The zero-order valence-electron chi connectivity index (χ0n) is 17.7. The topological polar surface area (TPSA) is 52.6 Å². The Kier molecular flexibility index (Phi) is 12.0. The van der Waals surface area contributed by atoms with Crippen LogP contribution in [0.1, 0.15) is 103 Å². The van der Waals surface area contributed by atoms with Crippen molar-refractivity contribution in [1.82, 2.24) is 0 Å². The van der Waals surface area contributed by atoms with Gasteiger partial charge in [-0.3, -0.25) is 0 Å². The summed E-state index contributed by atoms with van der Waals surface area (Å²) in [5.41, 5.74) is 0. The van der Waals surface area contributed by atoms with Crippen molar-refractivity contribution in [3.8, 4) is 0 Å². The van der Waals surface area contributed by atoms with Crippen LogP contribution in [0, 0.1) is 11.8 Å². The van der Waals surface area contributed by atoms with Gasteiger partial charge in [0.1, 0.15) is 0 Å². The average molecular weight is 393 g/mol. The van der Waals surface area contributed by atoms with Gasteiger partial charge in [-0.2, -0.15) is 0 Å². The van der Waals surface area contributed by atoms with E-state index >= 15 is 0 Å². The minimum Gasteiger partial charge on any atom is -0.463 e. The molecule has 0 N–H and O–H groups in total. The number of carbonyl (C=O) groups excluding carboxylic acids is 2. The number of hydrogen-bond donors (Lipinski definition) is 0. The molecule has 0 heterocycles. The monoisotopic (exact) mass is 392 g/mol. The molecule has 4 nitrogen and oxygen atoms in total. The van der Waals surface area contributed by atoms with Gasteiger partial charge < -0.3 is 9.47 Å². The fourth-order valence-electron chi connectivity index (χ4n) is 3.52. The molecular formula is C24H40O4. The van der Waals surface area contributed by atoms with Crippen molar-refractivity contribution in [1.29, 1.82) is 0 Å². The number of carbonyl (C=O) groups is 2. The van der Waals surface area contributed by atoms with Gasteiger partial charge in [0, 0.05) is 12.2 Å². The summed E-state index contributed by atoms with van der Waals surface area (Å²) in [6.07, 6.45) is 22.6. The smallest absolute Gasteiger partial charge is 0.331 e. The SMILES string of the molecule is O=C(C=CC(=O)OCCCCCCCC1CC1)OCCCCCCCC1CC1. The van der Waals surface area contributed by atoms with E-state index in [1.165, 1.54) is 89.2 Å². The number of ether oxygens (including phenoxy) is 2. The van der Waals surface area contributed by atoms with E-state index < -0.39 is 11.9 Å². The molecule has 0 radical (unpaired) electrons. The Morgan fingerprint density at radius 1 is 0.571 bits per heavy atom. The van der Waals surface area contributed by atoms with Crippen LogP contribution in [-0.4, -0.2) is 25.2 Å². The molecule has 0 aliphatic heterocycles. The van der Waals surface area contributed by atoms with Crippen molar-refractivity contribution in [2.45, 2.75) is 103 Å².